The first kappa shape index (κ1) is 27.1. The molecule has 1 saturated carbocycles. The van der Waals surface area contributed by atoms with Gasteiger partial charge >= 0.3 is 0 Å². The first-order chi connectivity index (χ1) is 18.7. The normalized spacial score (nSPS) is 19.3. The fourth-order valence-electron chi connectivity index (χ4n) is 4.39. The molecule has 1 fully saturated rings. The van der Waals surface area contributed by atoms with E-state index in [9.17, 15) is 18.4 Å². The van der Waals surface area contributed by atoms with Gasteiger partial charge in [-0.2, -0.15) is 5.10 Å². The van der Waals surface area contributed by atoms with Gasteiger partial charge in [0.2, 0.25) is 0 Å². The predicted octanol–water partition coefficient (Wildman–Crippen LogP) is 3.16. The molecular weight excluding hydrogens is 567 g/mol. The standard InChI is InChI=1S/C25H24Cl2N6O5S/c1-32(15-5-6-15)25(35)16-11-14(26)4-7-20(16)30-24(34)18-13-33(10-8-21(18)38-39(36)37)23-17(12-29-31-23)22-19(27)3-2-9-28-22/h2-4,7-11,15,17,29H,5-6,12-13H2,1H3,(H,30,34)(H,36,37)/p-1. The molecule has 2 amide bonds. The largest absolute Gasteiger partial charge is 0.740 e. The third kappa shape index (κ3) is 5.93. The van der Waals surface area contributed by atoms with E-state index in [0.29, 0.717) is 28.1 Å². The number of hydrazone groups is 1. The highest BCUT2D eigenvalue weighted by Crippen LogP contribution is 2.32. The van der Waals surface area contributed by atoms with E-state index >= 15 is 0 Å². The van der Waals surface area contributed by atoms with E-state index in [1.165, 1.54) is 18.2 Å². The Kier molecular flexibility index (Phi) is 7.89. The Morgan fingerprint density at radius 2 is 2.08 bits per heavy atom. The molecule has 204 valence electrons. The quantitative estimate of drug-likeness (QED) is 0.469. The number of carbonyl (C=O) groups is 2. The van der Waals surface area contributed by atoms with Gasteiger partial charge in [-0.3, -0.25) is 14.6 Å². The molecule has 2 atom stereocenters. The number of amidine groups is 1. The molecule has 1 aliphatic carbocycles. The monoisotopic (exact) mass is 589 g/mol. The summed E-state index contributed by atoms with van der Waals surface area (Å²) in [7, 11) is 1.70. The van der Waals surface area contributed by atoms with Gasteiger partial charge in [0.1, 0.15) is 17.2 Å². The van der Waals surface area contributed by atoms with Crippen LogP contribution >= 0.6 is 23.2 Å². The van der Waals surface area contributed by atoms with Crippen molar-refractivity contribution in [1.82, 2.24) is 20.2 Å². The highest BCUT2D eigenvalue weighted by atomic mass is 35.5. The summed E-state index contributed by atoms with van der Waals surface area (Å²) in [6, 6.07) is 8.17. The molecule has 1 aromatic carbocycles. The van der Waals surface area contributed by atoms with Crippen LogP contribution in [0, 0.1) is 0 Å². The Morgan fingerprint density at radius 3 is 2.79 bits per heavy atom. The number of amides is 2. The Bertz CT molecular complexity index is 1440. The third-order valence-electron chi connectivity index (χ3n) is 6.55. The zero-order valence-electron chi connectivity index (χ0n) is 20.6. The number of benzene rings is 1. The number of hydrogen-bond acceptors (Lipinski definition) is 9. The van der Waals surface area contributed by atoms with Crippen LogP contribution in [0.4, 0.5) is 5.69 Å². The molecule has 0 radical (unpaired) electrons. The van der Waals surface area contributed by atoms with Crippen LogP contribution in [-0.4, -0.2) is 67.4 Å². The highest BCUT2D eigenvalue weighted by molar-refractivity contribution is 7.74. The minimum Gasteiger partial charge on any atom is -0.740 e. The molecule has 0 bridgehead atoms. The molecule has 0 saturated heterocycles. The van der Waals surface area contributed by atoms with E-state index < -0.39 is 17.3 Å². The Hall–Kier alpha value is -3.45. The van der Waals surface area contributed by atoms with Crippen molar-refractivity contribution in [2.24, 2.45) is 5.10 Å². The van der Waals surface area contributed by atoms with Crippen molar-refractivity contribution in [2.75, 3.05) is 25.5 Å². The third-order valence-corrected chi connectivity index (χ3v) is 7.42. The number of carbonyl (C=O) groups excluding carboxylic acids is 2. The number of halogens is 2. The molecule has 2 aliphatic heterocycles. The second-order valence-electron chi connectivity index (χ2n) is 9.12. The van der Waals surface area contributed by atoms with Crippen molar-refractivity contribution in [2.45, 2.75) is 24.8 Å². The summed E-state index contributed by atoms with van der Waals surface area (Å²) in [5.41, 5.74) is 4.00. The molecule has 2 N–H and O–H groups in total. The lowest BCUT2D eigenvalue weighted by Gasteiger charge is -2.29. The Balaban J connectivity index is 1.42. The Morgan fingerprint density at radius 1 is 1.28 bits per heavy atom. The molecule has 5 rings (SSSR count). The fourth-order valence-corrected chi connectivity index (χ4v) is 5.12. The van der Waals surface area contributed by atoms with E-state index in [1.807, 2.05) is 0 Å². The van der Waals surface area contributed by atoms with Crippen LogP contribution in [0.25, 0.3) is 0 Å². The lowest BCUT2D eigenvalue weighted by Crippen LogP contribution is -2.37. The zero-order chi connectivity index (χ0) is 27.7. The molecule has 1 aromatic heterocycles. The number of nitrogens with zero attached hydrogens (tertiary/aromatic N) is 4. The average molecular weight is 590 g/mol. The smallest absolute Gasteiger partial charge is 0.257 e. The molecule has 14 heteroatoms. The van der Waals surface area contributed by atoms with Gasteiger partial charge in [0, 0.05) is 37.1 Å². The molecule has 39 heavy (non-hydrogen) atoms. The summed E-state index contributed by atoms with van der Waals surface area (Å²) in [6.45, 7) is 0.357. The lowest BCUT2D eigenvalue weighted by atomic mass is 10.0. The summed E-state index contributed by atoms with van der Waals surface area (Å²) in [5.74, 6) is -0.884. The second-order valence-corrected chi connectivity index (χ2v) is 10.5. The van der Waals surface area contributed by atoms with Crippen molar-refractivity contribution in [1.29, 1.82) is 0 Å². The van der Waals surface area contributed by atoms with E-state index in [2.05, 4.69) is 20.8 Å². The number of anilines is 1. The zero-order valence-corrected chi connectivity index (χ0v) is 22.9. The highest BCUT2D eigenvalue weighted by Gasteiger charge is 2.34. The number of rotatable bonds is 7. The number of nitrogens with one attached hydrogen (secondary N) is 2. The van der Waals surface area contributed by atoms with Gasteiger partial charge < -0.3 is 29.3 Å². The van der Waals surface area contributed by atoms with Crippen LogP contribution < -0.4 is 10.7 Å². The minimum absolute atomic E-state index is 0.00562. The Labute approximate surface area is 237 Å². The van der Waals surface area contributed by atoms with E-state index in [4.69, 9.17) is 27.4 Å². The summed E-state index contributed by atoms with van der Waals surface area (Å²) in [5, 5.41) is 7.91. The van der Waals surface area contributed by atoms with E-state index in [-0.39, 0.29) is 47.0 Å². The van der Waals surface area contributed by atoms with Gasteiger partial charge in [-0.25, -0.2) is 4.21 Å². The van der Waals surface area contributed by atoms with Crippen LogP contribution in [0.1, 0.15) is 34.8 Å². The molecular formula is C25H23Cl2N6O5S-. The van der Waals surface area contributed by atoms with Crippen molar-refractivity contribution in [3.8, 4) is 0 Å². The SMILES string of the molecule is CN(C(=O)c1cc(Cl)ccc1NC(=O)C1=C(OS(=O)[O-])C=CN(C2=NNCC2c2ncccc2Cl)C1)C1CC1. The van der Waals surface area contributed by atoms with Crippen molar-refractivity contribution in [3.63, 3.8) is 0 Å². The minimum atomic E-state index is -2.93. The van der Waals surface area contributed by atoms with Crippen LogP contribution in [0.5, 0.6) is 0 Å². The van der Waals surface area contributed by atoms with Gasteiger partial charge in [0.05, 0.1) is 40.0 Å². The van der Waals surface area contributed by atoms with Gasteiger partial charge in [0.25, 0.3) is 11.8 Å². The molecule has 2 aromatic rings. The summed E-state index contributed by atoms with van der Waals surface area (Å²) in [6.07, 6.45) is 6.38. The number of allylic oxidation sites excluding steroid dienone is 1. The molecule has 2 unspecified atom stereocenters. The van der Waals surface area contributed by atoms with Crippen molar-refractivity contribution < 1.29 is 22.5 Å². The van der Waals surface area contributed by atoms with Crippen LogP contribution in [0.2, 0.25) is 10.0 Å². The van der Waals surface area contributed by atoms with Crippen molar-refractivity contribution in [3.05, 3.63) is 81.4 Å². The fraction of sp³-hybridized carbons (Fsp3) is 0.280. The van der Waals surface area contributed by atoms with Gasteiger partial charge in [0.15, 0.2) is 5.76 Å². The van der Waals surface area contributed by atoms with Gasteiger partial charge in [-0.15, -0.1) is 0 Å². The van der Waals surface area contributed by atoms with Gasteiger partial charge in [-0.05, 0) is 49.2 Å². The number of pyridine rings is 1. The van der Waals surface area contributed by atoms with Crippen molar-refractivity contribution >= 4 is 57.9 Å². The topological polar surface area (TPSA) is 139 Å². The second kappa shape index (κ2) is 11.3. The maximum atomic E-state index is 13.5. The molecule has 11 nitrogen and oxygen atoms in total. The van der Waals surface area contributed by atoms with E-state index in [1.54, 1.807) is 47.4 Å². The van der Waals surface area contributed by atoms with Crippen LogP contribution in [0.15, 0.2) is 65.2 Å². The molecule has 0 spiro atoms. The average Bonchev–Trinajstić information content (AvgIpc) is 3.65. The first-order valence-corrected chi connectivity index (χ1v) is 13.7. The molecule has 3 heterocycles. The summed E-state index contributed by atoms with van der Waals surface area (Å²) >= 11 is 9.61. The lowest BCUT2D eigenvalue weighted by molar-refractivity contribution is -0.113. The number of aromatic nitrogens is 1. The summed E-state index contributed by atoms with van der Waals surface area (Å²) in [4.78, 5) is 34.4. The molecule has 3 aliphatic rings. The first-order valence-electron chi connectivity index (χ1n) is 12.0. The van der Waals surface area contributed by atoms with Gasteiger partial charge in [-0.1, -0.05) is 23.2 Å². The van der Waals surface area contributed by atoms with Crippen LogP contribution in [0.3, 0.4) is 0 Å². The predicted molar refractivity (Wildman–Crippen MR) is 145 cm³/mol. The van der Waals surface area contributed by atoms with E-state index in [0.717, 1.165) is 12.8 Å². The number of hydrogen-bond donors (Lipinski definition) is 2. The maximum absolute atomic E-state index is 13.5. The summed E-state index contributed by atoms with van der Waals surface area (Å²) < 4.78 is 27.7. The maximum Gasteiger partial charge on any atom is 0.257 e. The van der Waals surface area contributed by atoms with Crippen LogP contribution in [-0.2, 0) is 20.3 Å².